The molecule has 1 N–H and O–H groups in total. The van der Waals surface area contributed by atoms with Crippen molar-refractivity contribution >= 4 is 11.8 Å². The first-order valence-electron chi connectivity index (χ1n) is 4.56. The van der Waals surface area contributed by atoms with Gasteiger partial charge >= 0.3 is 6.09 Å². The molecule has 1 amide bonds. The van der Waals surface area contributed by atoms with E-state index in [-0.39, 0.29) is 18.8 Å². The minimum Gasteiger partial charge on any atom is -0.445 e. The van der Waals surface area contributed by atoms with Crippen molar-refractivity contribution in [2.75, 3.05) is 6.54 Å². The maximum Gasteiger partial charge on any atom is 0.407 e. The van der Waals surface area contributed by atoms with Crippen LogP contribution in [-0.2, 0) is 11.3 Å². The maximum absolute atomic E-state index is 10.9. The Morgan fingerprint density at radius 1 is 1.44 bits per heavy atom. The number of ether oxygens (including phenoxy) is 1. The van der Waals surface area contributed by atoms with Crippen LogP contribution in [0.2, 0.25) is 0 Å². The lowest BCUT2D eigenvalue weighted by molar-refractivity contribution is -0.384. The van der Waals surface area contributed by atoms with Crippen LogP contribution >= 0.6 is 0 Å². The Balaban J connectivity index is 2.49. The highest BCUT2D eigenvalue weighted by Crippen LogP contribution is 2.12. The van der Waals surface area contributed by atoms with E-state index in [4.69, 9.17) is 4.74 Å². The van der Waals surface area contributed by atoms with Crippen molar-refractivity contribution < 1.29 is 14.5 Å². The van der Waals surface area contributed by atoms with Crippen molar-refractivity contribution in [3.63, 3.8) is 0 Å². The molecule has 6 nitrogen and oxygen atoms in total. The molecule has 0 fully saturated rings. The normalized spacial score (nSPS) is 9.56. The lowest BCUT2D eigenvalue weighted by atomic mass is 10.2. The smallest absolute Gasteiger partial charge is 0.407 e. The number of nitrogens with zero attached hydrogens (tertiary/aromatic N) is 1. The quantitative estimate of drug-likeness (QED) is 0.621. The second kappa shape index (κ2) is 5.69. The van der Waals surface area contributed by atoms with Gasteiger partial charge < -0.3 is 10.1 Å². The maximum atomic E-state index is 10.9. The number of nitro benzene ring substituents is 1. The molecule has 0 spiro atoms. The molecular formula is C10H11N2O4. The SMILES string of the molecule is [CH2]CNC(=O)OCc1ccc([N+](=O)[O-])cc1. The number of hydrogen-bond acceptors (Lipinski definition) is 4. The number of carbonyl (C=O) groups is 1. The average Bonchev–Trinajstić information content (AvgIpc) is 2.27. The zero-order valence-electron chi connectivity index (χ0n) is 8.51. The summed E-state index contributed by atoms with van der Waals surface area (Å²) in [6.45, 7) is 3.75. The molecule has 1 aromatic rings. The Hall–Kier alpha value is -2.11. The highest BCUT2D eigenvalue weighted by atomic mass is 16.6. The molecule has 6 heteroatoms. The first-order chi connectivity index (χ1) is 7.63. The van der Waals surface area contributed by atoms with Gasteiger partial charge in [-0.2, -0.15) is 0 Å². The van der Waals surface area contributed by atoms with Gasteiger partial charge in [-0.3, -0.25) is 10.1 Å². The molecule has 1 radical (unpaired) electrons. The minimum atomic E-state index is -0.562. The number of alkyl carbamates (subject to hydrolysis) is 1. The number of hydrogen-bond donors (Lipinski definition) is 1. The molecule has 85 valence electrons. The van der Waals surface area contributed by atoms with Crippen molar-refractivity contribution in [3.8, 4) is 0 Å². The van der Waals surface area contributed by atoms with E-state index in [1.165, 1.54) is 24.3 Å². The molecule has 1 aromatic carbocycles. The van der Waals surface area contributed by atoms with Crippen LogP contribution in [0.25, 0.3) is 0 Å². The van der Waals surface area contributed by atoms with Crippen LogP contribution in [0.15, 0.2) is 24.3 Å². The van der Waals surface area contributed by atoms with Crippen molar-refractivity contribution in [1.29, 1.82) is 0 Å². The molecule has 0 aliphatic heterocycles. The zero-order chi connectivity index (χ0) is 12.0. The van der Waals surface area contributed by atoms with Crippen molar-refractivity contribution in [1.82, 2.24) is 5.32 Å². The summed E-state index contributed by atoms with van der Waals surface area (Å²) >= 11 is 0. The summed E-state index contributed by atoms with van der Waals surface area (Å²) in [5.74, 6) is 0. The van der Waals surface area contributed by atoms with Crippen LogP contribution in [0, 0.1) is 17.0 Å². The summed E-state index contributed by atoms with van der Waals surface area (Å²) in [6, 6.07) is 5.79. The van der Waals surface area contributed by atoms with E-state index in [1.807, 2.05) is 0 Å². The highest BCUT2D eigenvalue weighted by Gasteiger charge is 2.05. The van der Waals surface area contributed by atoms with Crippen molar-refractivity contribution in [3.05, 3.63) is 46.9 Å². The largest absolute Gasteiger partial charge is 0.445 e. The van der Waals surface area contributed by atoms with E-state index in [0.717, 1.165) is 0 Å². The van der Waals surface area contributed by atoms with Gasteiger partial charge in [0, 0.05) is 18.7 Å². The first kappa shape index (κ1) is 12.0. The lowest BCUT2D eigenvalue weighted by Gasteiger charge is -2.04. The standard InChI is InChI=1S/C10H11N2O4/c1-2-11-10(13)16-7-8-3-5-9(6-4-8)12(14)15/h3-6H,1-2,7H2,(H,11,13). The third-order valence-electron chi connectivity index (χ3n) is 1.79. The third kappa shape index (κ3) is 3.56. The Labute approximate surface area is 92.4 Å². The van der Waals surface area contributed by atoms with Crippen LogP contribution in [0.1, 0.15) is 5.56 Å². The summed E-state index contributed by atoms with van der Waals surface area (Å²) in [5, 5.41) is 12.7. The van der Waals surface area contributed by atoms with Gasteiger partial charge in [-0.15, -0.1) is 0 Å². The van der Waals surface area contributed by atoms with Gasteiger partial charge in [-0.05, 0) is 24.6 Å². The van der Waals surface area contributed by atoms with Gasteiger partial charge in [0.2, 0.25) is 0 Å². The molecule has 0 unspecified atom stereocenters. The highest BCUT2D eigenvalue weighted by molar-refractivity contribution is 5.67. The molecule has 0 heterocycles. The van der Waals surface area contributed by atoms with Crippen LogP contribution in [-0.4, -0.2) is 17.6 Å². The molecule has 0 saturated carbocycles. The molecule has 1 rings (SSSR count). The van der Waals surface area contributed by atoms with Gasteiger partial charge in [0.1, 0.15) is 6.61 Å². The number of nitro groups is 1. The first-order valence-corrected chi connectivity index (χ1v) is 4.56. The monoisotopic (exact) mass is 223 g/mol. The fourth-order valence-corrected chi connectivity index (χ4v) is 1.02. The van der Waals surface area contributed by atoms with Crippen LogP contribution in [0.5, 0.6) is 0 Å². The summed E-state index contributed by atoms with van der Waals surface area (Å²) in [5.41, 5.74) is 0.691. The molecule has 0 aliphatic rings. The minimum absolute atomic E-state index is 0.00552. The summed E-state index contributed by atoms with van der Waals surface area (Å²) in [7, 11) is 0. The second-order valence-corrected chi connectivity index (χ2v) is 2.93. The molecular weight excluding hydrogens is 212 g/mol. The molecule has 16 heavy (non-hydrogen) atoms. The predicted molar refractivity (Wildman–Crippen MR) is 56.6 cm³/mol. The molecule has 0 atom stereocenters. The van der Waals surface area contributed by atoms with Gasteiger partial charge in [-0.25, -0.2) is 4.79 Å². The number of carbonyl (C=O) groups excluding carboxylic acids is 1. The zero-order valence-corrected chi connectivity index (χ0v) is 8.51. The van der Waals surface area contributed by atoms with E-state index in [0.29, 0.717) is 5.56 Å². The Morgan fingerprint density at radius 3 is 2.56 bits per heavy atom. The average molecular weight is 223 g/mol. The summed E-state index contributed by atoms with van der Waals surface area (Å²) < 4.78 is 4.81. The van der Waals surface area contributed by atoms with Crippen LogP contribution in [0.4, 0.5) is 10.5 Å². The van der Waals surface area contributed by atoms with E-state index in [1.54, 1.807) is 0 Å². The molecule has 0 bridgehead atoms. The number of amides is 1. The number of rotatable bonds is 4. The Bertz CT molecular complexity index is 375. The van der Waals surface area contributed by atoms with Gasteiger partial charge in [0.05, 0.1) is 4.92 Å². The number of non-ortho nitro benzene ring substituents is 1. The van der Waals surface area contributed by atoms with Crippen molar-refractivity contribution in [2.45, 2.75) is 6.61 Å². The van der Waals surface area contributed by atoms with Gasteiger partial charge in [-0.1, -0.05) is 0 Å². The van der Waals surface area contributed by atoms with E-state index >= 15 is 0 Å². The Morgan fingerprint density at radius 2 is 2.06 bits per heavy atom. The van der Waals surface area contributed by atoms with Gasteiger partial charge in [0.15, 0.2) is 0 Å². The second-order valence-electron chi connectivity index (χ2n) is 2.93. The van der Waals surface area contributed by atoms with E-state index < -0.39 is 11.0 Å². The Kier molecular flexibility index (Phi) is 4.26. The lowest BCUT2D eigenvalue weighted by Crippen LogP contribution is -2.23. The van der Waals surface area contributed by atoms with Crippen LogP contribution < -0.4 is 5.32 Å². The third-order valence-corrected chi connectivity index (χ3v) is 1.79. The number of nitrogens with one attached hydrogen (secondary N) is 1. The topological polar surface area (TPSA) is 81.5 Å². The van der Waals surface area contributed by atoms with Gasteiger partial charge in [0.25, 0.3) is 5.69 Å². The fourth-order valence-electron chi connectivity index (χ4n) is 1.02. The van der Waals surface area contributed by atoms with E-state index in [2.05, 4.69) is 12.2 Å². The summed E-state index contributed by atoms with van der Waals surface area (Å²) in [4.78, 5) is 20.8. The predicted octanol–water partition coefficient (Wildman–Crippen LogP) is 1.66. The van der Waals surface area contributed by atoms with Crippen LogP contribution in [0.3, 0.4) is 0 Å². The van der Waals surface area contributed by atoms with E-state index in [9.17, 15) is 14.9 Å². The fraction of sp³-hybridized carbons (Fsp3) is 0.200. The molecule has 0 aliphatic carbocycles. The van der Waals surface area contributed by atoms with Crippen molar-refractivity contribution in [2.24, 2.45) is 0 Å². The summed E-state index contributed by atoms with van der Waals surface area (Å²) in [6.07, 6.45) is -0.562. The molecule has 0 aromatic heterocycles. The molecule has 0 saturated heterocycles. The number of benzene rings is 1.